The molecule has 0 aromatic heterocycles. The molecule has 0 saturated carbocycles. The van der Waals surface area contributed by atoms with Crippen LogP contribution in [0.3, 0.4) is 0 Å². The highest BCUT2D eigenvalue weighted by Crippen LogP contribution is 2.44. The maximum absolute atomic E-state index is 11.9. The van der Waals surface area contributed by atoms with E-state index in [4.69, 9.17) is 37.4 Å². The van der Waals surface area contributed by atoms with Crippen molar-refractivity contribution in [2.45, 2.75) is 18.8 Å². The van der Waals surface area contributed by atoms with Crippen LogP contribution in [0.1, 0.15) is 18.1 Å². The molecule has 0 fully saturated rings. The van der Waals surface area contributed by atoms with Crippen molar-refractivity contribution in [3.8, 4) is 5.75 Å². The minimum absolute atomic E-state index is 0.522. The maximum atomic E-state index is 11.9. The Bertz CT molecular complexity index is 745. The number of ether oxygens (including phenoxy) is 3. The summed E-state index contributed by atoms with van der Waals surface area (Å²) in [6.45, 7) is 1.85. The van der Waals surface area contributed by atoms with Gasteiger partial charge in [-0.1, -0.05) is 35.3 Å². The SMILES string of the molecule is COC(=O)C1Oc2ccc(Cl)cc2C(C)(c2ccc(Cl)cc2)O1. The van der Waals surface area contributed by atoms with Gasteiger partial charge in [-0.05, 0) is 42.8 Å². The summed E-state index contributed by atoms with van der Waals surface area (Å²) in [5, 5.41) is 1.16. The number of methoxy groups -OCH3 is 1. The topological polar surface area (TPSA) is 44.8 Å². The highest BCUT2D eigenvalue weighted by molar-refractivity contribution is 6.31. The van der Waals surface area contributed by atoms with Crippen molar-refractivity contribution in [2.24, 2.45) is 0 Å². The molecule has 2 unspecified atom stereocenters. The molecule has 0 N–H and O–H groups in total. The smallest absolute Gasteiger partial charge is 0.376 e. The lowest BCUT2D eigenvalue weighted by Crippen LogP contribution is -2.44. The number of benzene rings is 2. The van der Waals surface area contributed by atoms with Crippen molar-refractivity contribution in [3.05, 3.63) is 63.6 Å². The van der Waals surface area contributed by atoms with Crippen LogP contribution in [-0.4, -0.2) is 19.4 Å². The molecule has 3 rings (SSSR count). The fraction of sp³-hybridized carbons (Fsp3) is 0.235. The van der Waals surface area contributed by atoms with Crippen LogP contribution < -0.4 is 4.74 Å². The highest BCUT2D eigenvalue weighted by atomic mass is 35.5. The third-order valence-corrected chi connectivity index (χ3v) is 4.31. The summed E-state index contributed by atoms with van der Waals surface area (Å²) < 4.78 is 16.3. The number of carbonyl (C=O) groups is 1. The molecule has 0 saturated heterocycles. The average molecular weight is 353 g/mol. The molecule has 0 amide bonds. The van der Waals surface area contributed by atoms with Gasteiger partial charge in [0.1, 0.15) is 11.4 Å². The van der Waals surface area contributed by atoms with E-state index in [1.807, 2.05) is 19.1 Å². The molecule has 1 aliphatic heterocycles. The summed E-state index contributed by atoms with van der Waals surface area (Å²) in [6.07, 6.45) is -1.16. The molecule has 2 atom stereocenters. The van der Waals surface area contributed by atoms with E-state index in [1.54, 1.807) is 30.3 Å². The summed E-state index contributed by atoms with van der Waals surface area (Å²) in [5.41, 5.74) is 0.622. The zero-order valence-corrected chi connectivity index (χ0v) is 14.0. The van der Waals surface area contributed by atoms with Crippen molar-refractivity contribution in [3.63, 3.8) is 0 Å². The standard InChI is InChI=1S/C17H14Cl2O4/c1-17(10-3-5-11(18)6-4-10)13-9-12(19)7-8-14(13)22-16(23-17)15(20)21-2/h3-9,16H,1-2H3. The van der Waals surface area contributed by atoms with Crippen molar-refractivity contribution < 1.29 is 19.0 Å². The van der Waals surface area contributed by atoms with E-state index in [0.29, 0.717) is 15.8 Å². The Labute approximate surface area is 143 Å². The van der Waals surface area contributed by atoms with Crippen LogP contribution in [0.4, 0.5) is 0 Å². The Hall–Kier alpha value is -1.75. The van der Waals surface area contributed by atoms with E-state index in [0.717, 1.165) is 11.1 Å². The number of rotatable bonds is 2. The lowest BCUT2D eigenvalue weighted by Gasteiger charge is -2.39. The first-order valence-electron chi connectivity index (χ1n) is 6.92. The summed E-state index contributed by atoms with van der Waals surface area (Å²) in [6, 6.07) is 12.4. The van der Waals surface area contributed by atoms with Crippen LogP contribution in [-0.2, 0) is 19.9 Å². The summed E-state index contributed by atoms with van der Waals surface area (Å²) in [4.78, 5) is 11.9. The van der Waals surface area contributed by atoms with Gasteiger partial charge in [-0.25, -0.2) is 4.79 Å². The van der Waals surface area contributed by atoms with Crippen molar-refractivity contribution in [1.29, 1.82) is 0 Å². The van der Waals surface area contributed by atoms with E-state index in [-0.39, 0.29) is 0 Å². The van der Waals surface area contributed by atoms with Gasteiger partial charge in [0, 0.05) is 15.6 Å². The van der Waals surface area contributed by atoms with E-state index in [1.165, 1.54) is 7.11 Å². The molecule has 1 heterocycles. The van der Waals surface area contributed by atoms with Gasteiger partial charge in [0.2, 0.25) is 0 Å². The largest absolute Gasteiger partial charge is 0.464 e. The molecule has 2 aromatic carbocycles. The molecule has 0 aliphatic carbocycles. The number of hydrogen-bond acceptors (Lipinski definition) is 4. The Kier molecular flexibility index (Phi) is 4.23. The Morgan fingerprint density at radius 2 is 1.78 bits per heavy atom. The summed E-state index contributed by atoms with van der Waals surface area (Å²) in [7, 11) is 1.28. The number of hydrogen-bond donors (Lipinski definition) is 0. The molecule has 6 heteroatoms. The van der Waals surface area contributed by atoms with Gasteiger partial charge in [0.15, 0.2) is 0 Å². The Morgan fingerprint density at radius 1 is 1.13 bits per heavy atom. The van der Waals surface area contributed by atoms with Crippen LogP contribution in [0.25, 0.3) is 0 Å². The molecule has 0 bridgehead atoms. The molecule has 120 valence electrons. The van der Waals surface area contributed by atoms with Crippen molar-refractivity contribution >= 4 is 29.2 Å². The zero-order valence-electron chi connectivity index (χ0n) is 12.5. The first kappa shape index (κ1) is 16.1. The van der Waals surface area contributed by atoms with Gasteiger partial charge in [0.25, 0.3) is 0 Å². The molecular weight excluding hydrogens is 339 g/mol. The lowest BCUT2D eigenvalue weighted by atomic mass is 9.86. The second-order valence-electron chi connectivity index (χ2n) is 5.27. The van der Waals surface area contributed by atoms with Crippen LogP contribution in [0.15, 0.2) is 42.5 Å². The molecule has 0 radical (unpaired) electrons. The molecule has 23 heavy (non-hydrogen) atoms. The third-order valence-electron chi connectivity index (χ3n) is 3.82. The fourth-order valence-corrected chi connectivity index (χ4v) is 2.88. The quantitative estimate of drug-likeness (QED) is 0.761. The minimum atomic E-state index is -1.16. The number of fused-ring (bicyclic) bond motifs is 1. The summed E-state index contributed by atoms with van der Waals surface area (Å²) in [5.74, 6) is -0.0840. The van der Waals surface area contributed by atoms with Gasteiger partial charge < -0.3 is 14.2 Å². The second kappa shape index (κ2) is 6.04. The summed E-state index contributed by atoms with van der Waals surface area (Å²) >= 11 is 12.1. The second-order valence-corrected chi connectivity index (χ2v) is 6.14. The van der Waals surface area contributed by atoms with E-state index in [9.17, 15) is 4.79 Å². The molecule has 1 aliphatic rings. The van der Waals surface area contributed by atoms with Crippen LogP contribution in [0.2, 0.25) is 10.0 Å². The normalized spacial score (nSPS) is 22.9. The van der Waals surface area contributed by atoms with Crippen LogP contribution in [0.5, 0.6) is 5.75 Å². The number of esters is 1. The van der Waals surface area contributed by atoms with Crippen molar-refractivity contribution in [1.82, 2.24) is 0 Å². The molecule has 4 nitrogen and oxygen atoms in total. The minimum Gasteiger partial charge on any atom is -0.464 e. The predicted octanol–water partition coefficient (Wildman–Crippen LogP) is 4.17. The van der Waals surface area contributed by atoms with E-state index >= 15 is 0 Å². The number of carbonyl (C=O) groups excluding carboxylic acids is 1. The van der Waals surface area contributed by atoms with Gasteiger partial charge >= 0.3 is 12.3 Å². The zero-order chi connectivity index (χ0) is 16.6. The fourth-order valence-electron chi connectivity index (χ4n) is 2.58. The van der Waals surface area contributed by atoms with Crippen molar-refractivity contribution in [2.75, 3.05) is 7.11 Å². The van der Waals surface area contributed by atoms with Gasteiger partial charge in [-0.15, -0.1) is 0 Å². The first-order valence-corrected chi connectivity index (χ1v) is 7.68. The van der Waals surface area contributed by atoms with E-state index < -0.39 is 17.9 Å². The molecule has 0 spiro atoms. The predicted molar refractivity (Wildman–Crippen MR) is 86.9 cm³/mol. The van der Waals surface area contributed by atoms with Crippen LogP contribution >= 0.6 is 23.2 Å². The molecule has 2 aromatic rings. The average Bonchev–Trinajstić information content (AvgIpc) is 2.55. The third kappa shape index (κ3) is 2.90. The van der Waals surface area contributed by atoms with Gasteiger partial charge in [-0.2, -0.15) is 0 Å². The van der Waals surface area contributed by atoms with E-state index in [2.05, 4.69) is 0 Å². The lowest BCUT2D eigenvalue weighted by molar-refractivity contribution is -0.203. The van der Waals surface area contributed by atoms with Gasteiger partial charge in [-0.3, -0.25) is 0 Å². The Balaban J connectivity index is 2.15. The van der Waals surface area contributed by atoms with Gasteiger partial charge in [0.05, 0.1) is 7.11 Å². The monoisotopic (exact) mass is 352 g/mol. The van der Waals surface area contributed by atoms with Crippen LogP contribution in [0, 0.1) is 0 Å². The first-order chi connectivity index (χ1) is 10.9. The molecular formula is C17H14Cl2O4. The number of halogens is 2. The maximum Gasteiger partial charge on any atom is 0.376 e. The Morgan fingerprint density at radius 3 is 2.43 bits per heavy atom. The highest BCUT2D eigenvalue weighted by Gasteiger charge is 2.43.